The van der Waals surface area contributed by atoms with Crippen molar-refractivity contribution in [1.82, 2.24) is 9.71 Å². The zero-order valence-electron chi connectivity index (χ0n) is 17.3. The van der Waals surface area contributed by atoms with Crippen molar-refractivity contribution in [2.75, 3.05) is 23.3 Å². The molecule has 0 saturated carbocycles. The van der Waals surface area contributed by atoms with Crippen LogP contribution in [0.3, 0.4) is 0 Å². The molecule has 0 spiro atoms. The second kappa shape index (κ2) is 9.11. The van der Waals surface area contributed by atoms with Crippen LogP contribution in [0.2, 0.25) is 5.02 Å². The second-order valence-electron chi connectivity index (χ2n) is 7.53. The summed E-state index contributed by atoms with van der Waals surface area (Å²) >= 11 is 6.08. The first-order chi connectivity index (χ1) is 13.5. The Morgan fingerprint density at radius 3 is 2.31 bits per heavy atom. The lowest BCUT2D eigenvalue weighted by atomic mass is 10.1. The zero-order chi connectivity index (χ0) is 21.8. The van der Waals surface area contributed by atoms with E-state index in [2.05, 4.69) is 19.9 Å². The molecule has 1 heterocycles. The van der Waals surface area contributed by atoms with Crippen molar-refractivity contribution in [3.63, 3.8) is 0 Å². The van der Waals surface area contributed by atoms with Gasteiger partial charge in [-0.15, -0.1) is 0 Å². The van der Waals surface area contributed by atoms with Crippen molar-refractivity contribution < 1.29 is 13.2 Å². The number of amides is 1. The van der Waals surface area contributed by atoms with Crippen molar-refractivity contribution in [1.29, 1.82) is 0 Å². The average Bonchev–Trinajstić information content (AvgIpc) is 2.62. The number of hydrogen-bond donors (Lipinski definition) is 2. The summed E-state index contributed by atoms with van der Waals surface area (Å²) in [7, 11) is -3.88. The van der Waals surface area contributed by atoms with Gasteiger partial charge in [-0.05, 0) is 65.0 Å². The van der Waals surface area contributed by atoms with Crippen molar-refractivity contribution in [2.24, 2.45) is 0 Å². The number of aromatic nitrogens is 1. The van der Waals surface area contributed by atoms with Crippen molar-refractivity contribution in [3.05, 3.63) is 47.1 Å². The maximum Gasteiger partial charge on any atom is 0.255 e. The molecule has 158 valence electrons. The summed E-state index contributed by atoms with van der Waals surface area (Å²) in [4.78, 5) is 18.9. The first-order valence-electron chi connectivity index (χ1n) is 9.32. The van der Waals surface area contributed by atoms with Crippen LogP contribution in [0, 0.1) is 0 Å². The van der Waals surface area contributed by atoms with Crippen LogP contribution in [0.1, 0.15) is 45.0 Å². The van der Waals surface area contributed by atoms with E-state index in [1.165, 1.54) is 18.2 Å². The lowest BCUT2D eigenvalue weighted by Gasteiger charge is -2.21. The Hall–Kier alpha value is -2.16. The van der Waals surface area contributed by atoms with Crippen LogP contribution in [0.15, 0.2) is 41.4 Å². The molecule has 0 radical (unpaired) electrons. The Labute approximate surface area is 177 Å². The number of rotatable bonds is 7. The normalized spacial score (nSPS) is 11.9. The van der Waals surface area contributed by atoms with Gasteiger partial charge in [-0.2, -0.15) is 0 Å². The predicted octanol–water partition coefficient (Wildman–Crippen LogP) is 3.91. The number of sulfonamides is 1. The van der Waals surface area contributed by atoms with E-state index in [1.54, 1.807) is 33.0 Å². The molecule has 2 N–H and O–H groups in total. The van der Waals surface area contributed by atoms with Crippen LogP contribution in [0.4, 0.5) is 11.5 Å². The monoisotopic (exact) mass is 438 g/mol. The summed E-state index contributed by atoms with van der Waals surface area (Å²) < 4.78 is 27.8. The molecule has 1 aromatic heterocycles. The third-order valence-corrected chi connectivity index (χ3v) is 6.26. The summed E-state index contributed by atoms with van der Waals surface area (Å²) in [6, 6.07) is 7.73. The summed E-state index contributed by atoms with van der Waals surface area (Å²) in [5.74, 6) is 0.368. The van der Waals surface area contributed by atoms with Gasteiger partial charge < -0.3 is 10.2 Å². The van der Waals surface area contributed by atoms with Gasteiger partial charge >= 0.3 is 0 Å². The molecule has 0 aliphatic heterocycles. The second-order valence-corrected chi connectivity index (χ2v) is 9.59. The molecular weight excluding hydrogens is 412 g/mol. The Morgan fingerprint density at radius 2 is 1.79 bits per heavy atom. The first-order valence-corrected chi connectivity index (χ1v) is 11.2. The van der Waals surface area contributed by atoms with E-state index >= 15 is 0 Å². The van der Waals surface area contributed by atoms with Gasteiger partial charge in [-0.3, -0.25) is 4.79 Å². The Bertz CT molecular complexity index is 966. The Kier molecular flexibility index (Phi) is 7.26. The molecule has 2 aromatic rings. The SMILES string of the molecule is CCN(CC)c1ccc(NC(=O)c2ccc(Cl)c(S(=O)(=O)NC(C)(C)C)c2)cn1. The third kappa shape index (κ3) is 6.16. The molecule has 1 aromatic carbocycles. The van der Waals surface area contributed by atoms with E-state index < -0.39 is 21.5 Å². The molecule has 1 amide bonds. The van der Waals surface area contributed by atoms with Crippen molar-refractivity contribution in [2.45, 2.75) is 45.1 Å². The quantitative estimate of drug-likeness (QED) is 0.683. The van der Waals surface area contributed by atoms with Gasteiger partial charge in [0.05, 0.1) is 16.9 Å². The maximum absolute atomic E-state index is 12.6. The standard InChI is InChI=1S/C20H27ClN4O3S/c1-6-25(7-2)18-11-9-15(13-22-18)23-19(26)14-8-10-16(21)17(12-14)29(27,28)24-20(3,4)5/h8-13,24H,6-7H2,1-5H3,(H,23,26). The summed E-state index contributed by atoms with van der Waals surface area (Å²) in [6.07, 6.45) is 1.57. The molecule has 9 heteroatoms. The minimum absolute atomic E-state index is 0.0449. The van der Waals surface area contributed by atoms with Crippen LogP contribution in [-0.2, 0) is 10.0 Å². The molecule has 0 fully saturated rings. The Morgan fingerprint density at radius 1 is 1.14 bits per heavy atom. The van der Waals surface area contributed by atoms with Gasteiger partial charge in [0.15, 0.2) is 0 Å². The molecule has 2 rings (SSSR count). The summed E-state index contributed by atoms with van der Waals surface area (Å²) in [5.41, 5.74) is 0.00759. The van der Waals surface area contributed by atoms with Gasteiger partial charge in [-0.25, -0.2) is 18.1 Å². The number of nitrogens with zero attached hydrogens (tertiary/aromatic N) is 2. The lowest BCUT2D eigenvalue weighted by molar-refractivity contribution is 0.102. The number of nitrogens with one attached hydrogen (secondary N) is 2. The number of pyridine rings is 1. The highest BCUT2D eigenvalue weighted by molar-refractivity contribution is 7.89. The minimum Gasteiger partial charge on any atom is -0.357 e. The highest BCUT2D eigenvalue weighted by Crippen LogP contribution is 2.24. The smallest absolute Gasteiger partial charge is 0.255 e. The molecule has 0 unspecified atom stereocenters. The van der Waals surface area contributed by atoms with Crippen LogP contribution in [0.5, 0.6) is 0 Å². The number of hydrogen-bond acceptors (Lipinski definition) is 5. The fraction of sp³-hybridized carbons (Fsp3) is 0.400. The van der Waals surface area contributed by atoms with E-state index in [1.807, 2.05) is 19.9 Å². The fourth-order valence-electron chi connectivity index (χ4n) is 2.71. The van der Waals surface area contributed by atoms with Gasteiger partial charge in [0.25, 0.3) is 5.91 Å². The number of halogens is 1. The van der Waals surface area contributed by atoms with E-state index in [9.17, 15) is 13.2 Å². The van der Waals surface area contributed by atoms with E-state index in [-0.39, 0.29) is 15.5 Å². The third-order valence-electron chi connectivity index (χ3n) is 4.02. The predicted molar refractivity (Wildman–Crippen MR) is 117 cm³/mol. The molecule has 0 aliphatic carbocycles. The van der Waals surface area contributed by atoms with E-state index in [0.29, 0.717) is 5.69 Å². The highest BCUT2D eigenvalue weighted by Gasteiger charge is 2.25. The number of carbonyl (C=O) groups excluding carboxylic acids is 1. The molecule has 29 heavy (non-hydrogen) atoms. The minimum atomic E-state index is -3.88. The van der Waals surface area contributed by atoms with Gasteiger partial charge in [0.2, 0.25) is 10.0 Å². The molecular formula is C20H27ClN4O3S. The molecule has 0 saturated heterocycles. The lowest BCUT2D eigenvalue weighted by Crippen LogP contribution is -2.40. The topological polar surface area (TPSA) is 91.4 Å². The van der Waals surface area contributed by atoms with E-state index in [0.717, 1.165) is 18.9 Å². The van der Waals surface area contributed by atoms with Crippen LogP contribution >= 0.6 is 11.6 Å². The number of benzene rings is 1. The number of anilines is 2. The molecule has 7 nitrogen and oxygen atoms in total. The van der Waals surface area contributed by atoms with Crippen molar-refractivity contribution in [3.8, 4) is 0 Å². The number of carbonyl (C=O) groups is 1. The largest absolute Gasteiger partial charge is 0.357 e. The van der Waals surface area contributed by atoms with Gasteiger partial charge in [0, 0.05) is 24.2 Å². The fourth-order valence-corrected chi connectivity index (χ4v) is 4.65. The Balaban J connectivity index is 2.24. The molecule has 0 aliphatic rings. The molecule has 0 bridgehead atoms. The average molecular weight is 439 g/mol. The van der Waals surface area contributed by atoms with Gasteiger partial charge in [0.1, 0.15) is 10.7 Å². The summed E-state index contributed by atoms with van der Waals surface area (Å²) in [5, 5.41) is 2.77. The van der Waals surface area contributed by atoms with Crippen molar-refractivity contribution >= 4 is 39.0 Å². The summed E-state index contributed by atoms with van der Waals surface area (Å²) in [6.45, 7) is 10.9. The van der Waals surface area contributed by atoms with Gasteiger partial charge in [-0.1, -0.05) is 11.6 Å². The van der Waals surface area contributed by atoms with E-state index in [4.69, 9.17) is 11.6 Å². The first kappa shape index (κ1) is 23.1. The van der Waals surface area contributed by atoms with Crippen LogP contribution in [0.25, 0.3) is 0 Å². The maximum atomic E-state index is 12.6. The van der Waals surface area contributed by atoms with Crippen LogP contribution < -0.4 is 14.9 Å². The van der Waals surface area contributed by atoms with Crippen LogP contribution in [-0.4, -0.2) is 37.9 Å². The highest BCUT2D eigenvalue weighted by atomic mass is 35.5. The zero-order valence-corrected chi connectivity index (χ0v) is 18.9. The molecule has 0 atom stereocenters.